The number of ether oxygens (including phenoxy) is 1. The van der Waals surface area contributed by atoms with Crippen molar-refractivity contribution in [1.82, 2.24) is 19.1 Å². The third-order valence-electron chi connectivity index (χ3n) is 7.15. The third kappa shape index (κ3) is 3.48. The molecule has 0 fully saturated rings. The zero-order valence-corrected chi connectivity index (χ0v) is 22.2. The average molecular weight is 640 g/mol. The number of nitrogens with zero attached hydrogens (tertiary/aromatic N) is 4. The van der Waals surface area contributed by atoms with Crippen LogP contribution < -0.4 is 4.74 Å². The summed E-state index contributed by atoms with van der Waals surface area (Å²) in [5, 5.41) is 0. The van der Waals surface area contributed by atoms with E-state index in [2.05, 4.69) is 71.6 Å². The molecular formula is C29H24N4OPt. The summed E-state index contributed by atoms with van der Waals surface area (Å²) < 4.78 is 10.9. The molecule has 0 atom stereocenters. The quantitative estimate of drug-likeness (QED) is 0.223. The van der Waals surface area contributed by atoms with E-state index in [1.54, 1.807) is 0 Å². The number of benzene rings is 3. The molecule has 6 heteroatoms. The van der Waals surface area contributed by atoms with Crippen LogP contribution in [-0.2, 0) is 47.0 Å². The molecule has 2 aromatic heterocycles. The fraction of sp³-hybridized carbons (Fsp3) is 0.241. The molecule has 0 unspecified atom stereocenters. The molecule has 2 aliphatic rings. The first kappa shape index (κ1) is 22.3. The van der Waals surface area contributed by atoms with E-state index in [9.17, 15) is 0 Å². The largest absolute Gasteiger partial charge is 2.00 e. The molecule has 0 bridgehead atoms. The Kier molecular flexibility index (Phi) is 5.23. The van der Waals surface area contributed by atoms with Crippen molar-refractivity contribution < 1.29 is 25.8 Å². The molecule has 0 saturated heterocycles. The van der Waals surface area contributed by atoms with Crippen LogP contribution in [0, 0.1) is 32.9 Å². The van der Waals surface area contributed by atoms with Crippen LogP contribution in [0.3, 0.4) is 0 Å². The molecule has 3 aromatic carbocycles. The molecule has 0 amide bonds. The second-order valence-electron chi connectivity index (χ2n) is 9.42. The Balaban J connectivity index is 0.00000229. The van der Waals surface area contributed by atoms with Crippen molar-refractivity contribution in [3.63, 3.8) is 0 Å². The molecule has 0 saturated carbocycles. The Labute approximate surface area is 219 Å². The molecule has 0 radical (unpaired) electrons. The Hall–Kier alpha value is -3.17. The number of aromatic nitrogens is 4. The van der Waals surface area contributed by atoms with E-state index in [4.69, 9.17) is 14.7 Å². The first-order valence-corrected chi connectivity index (χ1v) is 11.8. The number of hydrogen-bond donors (Lipinski definition) is 0. The second-order valence-corrected chi connectivity index (χ2v) is 9.42. The van der Waals surface area contributed by atoms with Crippen LogP contribution in [0.25, 0.3) is 33.8 Å². The molecule has 0 spiro atoms. The molecule has 4 heterocycles. The Morgan fingerprint density at radius 3 is 2.23 bits per heavy atom. The van der Waals surface area contributed by atoms with Gasteiger partial charge in [0.2, 0.25) is 0 Å². The van der Waals surface area contributed by atoms with E-state index in [1.807, 2.05) is 13.0 Å². The van der Waals surface area contributed by atoms with Gasteiger partial charge in [0.15, 0.2) is 0 Å². The van der Waals surface area contributed by atoms with Crippen molar-refractivity contribution in [2.24, 2.45) is 0 Å². The van der Waals surface area contributed by atoms with Gasteiger partial charge in [0, 0.05) is 36.5 Å². The summed E-state index contributed by atoms with van der Waals surface area (Å²) in [4.78, 5) is 9.70. The van der Waals surface area contributed by atoms with Crippen molar-refractivity contribution in [3.05, 3.63) is 82.7 Å². The first-order valence-electron chi connectivity index (χ1n) is 11.8. The van der Waals surface area contributed by atoms with Crippen LogP contribution in [0.5, 0.6) is 11.5 Å². The van der Waals surface area contributed by atoms with E-state index in [0.29, 0.717) is 11.5 Å². The molecule has 5 nitrogen and oxygen atoms in total. The van der Waals surface area contributed by atoms with Crippen LogP contribution in [0.1, 0.15) is 27.9 Å². The van der Waals surface area contributed by atoms with Gasteiger partial charge in [0.05, 0.1) is 22.7 Å². The van der Waals surface area contributed by atoms with E-state index in [0.717, 1.165) is 59.9 Å². The van der Waals surface area contributed by atoms with E-state index >= 15 is 0 Å². The molecule has 7 rings (SSSR count). The summed E-state index contributed by atoms with van der Waals surface area (Å²) in [6.07, 6.45) is 4.07. The maximum atomic E-state index is 6.40. The Morgan fingerprint density at radius 2 is 1.49 bits per heavy atom. The number of rotatable bonds is 2. The average Bonchev–Trinajstić information content (AvgIpc) is 3.39. The van der Waals surface area contributed by atoms with Gasteiger partial charge in [-0.1, -0.05) is 50.2 Å². The molecule has 0 N–H and O–H groups in total. The van der Waals surface area contributed by atoms with Gasteiger partial charge in [-0.05, 0) is 31.9 Å². The molecule has 35 heavy (non-hydrogen) atoms. The van der Waals surface area contributed by atoms with E-state index < -0.39 is 0 Å². The molecule has 176 valence electrons. The first-order chi connectivity index (χ1) is 16.5. The van der Waals surface area contributed by atoms with Gasteiger partial charge >= 0.3 is 21.1 Å². The standard InChI is InChI=1S/C29H24N4O.Pt/c1-17-12-20(14-24-22(17)8-10-32-16-19(3)30-28(24)32)34-21-13-18(2)23-9-11-33-27-7-5-4-6-26(27)31-29(33)25(23)15-21;/h4-7,12-13,16H,8-11H2,1-3H3;/q-2;+2. The molecule has 5 aromatic rings. The third-order valence-corrected chi connectivity index (χ3v) is 7.15. The summed E-state index contributed by atoms with van der Waals surface area (Å²) in [6, 6.07) is 19.6. The van der Waals surface area contributed by atoms with Crippen molar-refractivity contribution in [1.29, 1.82) is 0 Å². The minimum Gasteiger partial charge on any atom is -0.497 e. The smallest absolute Gasteiger partial charge is 0.497 e. The SMILES string of the molecule is Cc1cn2c(n1)-c1[c-]c(Oc3[c-]c4c(c(C)c3)CCn3c-4nc4ccccc43)cc(C)c1CC2.[Pt+2]. The monoisotopic (exact) mass is 639 g/mol. The number of imidazole rings is 2. The number of para-hydroxylation sites is 2. The van der Waals surface area contributed by atoms with Crippen LogP contribution in [0.15, 0.2) is 42.6 Å². The number of aryl methyl sites for hydroxylation is 5. The summed E-state index contributed by atoms with van der Waals surface area (Å²) in [5.41, 5.74) is 10.3. The van der Waals surface area contributed by atoms with Crippen molar-refractivity contribution in [2.75, 3.05) is 0 Å². The van der Waals surface area contributed by atoms with Crippen LogP contribution in [0.4, 0.5) is 0 Å². The summed E-state index contributed by atoms with van der Waals surface area (Å²) in [5.74, 6) is 3.35. The normalized spacial score (nSPS) is 13.5. The fourth-order valence-electron chi connectivity index (χ4n) is 5.55. The predicted molar refractivity (Wildman–Crippen MR) is 132 cm³/mol. The number of hydrogen-bond acceptors (Lipinski definition) is 3. The summed E-state index contributed by atoms with van der Waals surface area (Å²) in [6.45, 7) is 8.23. The number of fused-ring (bicyclic) bond motifs is 8. The zero-order chi connectivity index (χ0) is 23.0. The zero-order valence-electron chi connectivity index (χ0n) is 19.9. The maximum absolute atomic E-state index is 6.40. The topological polar surface area (TPSA) is 44.9 Å². The van der Waals surface area contributed by atoms with Crippen LogP contribution in [-0.4, -0.2) is 19.1 Å². The second kappa shape index (κ2) is 8.20. The van der Waals surface area contributed by atoms with Gasteiger partial charge in [0.1, 0.15) is 0 Å². The van der Waals surface area contributed by atoms with Crippen molar-refractivity contribution in [2.45, 2.75) is 46.7 Å². The Bertz CT molecular complexity index is 1630. The summed E-state index contributed by atoms with van der Waals surface area (Å²) >= 11 is 0. The minimum atomic E-state index is 0. The van der Waals surface area contributed by atoms with E-state index in [1.165, 1.54) is 27.8 Å². The van der Waals surface area contributed by atoms with Gasteiger partial charge in [-0.15, -0.1) is 33.4 Å². The summed E-state index contributed by atoms with van der Waals surface area (Å²) in [7, 11) is 0. The van der Waals surface area contributed by atoms with Crippen LogP contribution >= 0.6 is 0 Å². The molecular weight excluding hydrogens is 615 g/mol. The predicted octanol–water partition coefficient (Wildman–Crippen LogP) is 5.99. The van der Waals surface area contributed by atoms with Gasteiger partial charge in [-0.3, -0.25) is 9.97 Å². The van der Waals surface area contributed by atoms with Crippen molar-refractivity contribution >= 4 is 11.0 Å². The fourth-order valence-corrected chi connectivity index (χ4v) is 5.55. The van der Waals surface area contributed by atoms with Gasteiger partial charge in [-0.2, -0.15) is 0 Å². The molecule has 2 aliphatic heterocycles. The van der Waals surface area contributed by atoms with Gasteiger partial charge in [0.25, 0.3) is 0 Å². The van der Waals surface area contributed by atoms with Gasteiger partial charge in [-0.25, -0.2) is 0 Å². The maximum Gasteiger partial charge on any atom is 2.00 e. The van der Waals surface area contributed by atoms with Crippen LogP contribution in [0.2, 0.25) is 0 Å². The van der Waals surface area contributed by atoms with Gasteiger partial charge < -0.3 is 13.9 Å². The Morgan fingerprint density at radius 1 is 0.829 bits per heavy atom. The molecule has 0 aliphatic carbocycles. The van der Waals surface area contributed by atoms with Crippen molar-refractivity contribution in [3.8, 4) is 34.3 Å². The minimum absolute atomic E-state index is 0. The van der Waals surface area contributed by atoms with E-state index in [-0.39, 0.29) is 21.1 Å².